The molecule has 1 unspecified atom stereocenters. The lowest BCUT2D eigenvalue weighted by molar-refractivity contribution is 0.143. The van der Waals surface area contributed by atoms with E-state index in [2.05, 4.69) is 21.2 Å². The number of hydrogen-bond acceptors (Lipinski definition) is 2. The molecule has 0 radical (unpaired) electrons. The predicted octanol–water partition coefficient (Wildman–Crippen LogP) is 3.48. The predicted molar refractivity (Wildman–Crippen MR) is 75.0 cm³/mol. The van der Waals surface area contributed by atoms with Gasteiger partial charge in [0.25, 0.3) is 0 Å². The fourth-order valence-corrected chi connectivity index (χ4v) is 2.90. The molecule has 100 valence electrons. The van der Waals surface area contributed by atoms with Crippen LogP contribution in [0.3, 0.4) is 0 Å². The monoisotopic (exact) mass is 315 g/mol. The lowest BCUT2D eigenvalue weighted by Gasteiger charge is -2.24. The highest BCUT2D eigenvalue weighted by atomic mass is 79.9. The number of ether oxygens (including phenoxy) is 1. The fourth-order valence-electron chi connectivity index (χ4n) is 2.50. The van der Waals surface area contributed by atoms with Gasteiger partial charge in [0, 0.05) is 10.9 Å². The Morgan fingerprint density at radius 2 is 2.22 bits per heavy atom. The van der Waals surface area contributed by atoms with Gasteiger partial charge in [0.15, 0.2) is 0 Å². The molecule has 0 amide bonds. The van der Waals surface area contributed by atoms with Crippen molar-refractivity contribution in [2.24, 2.45) is 0 Å². The van der Waals surface area contributed by atoms with Crippen molar-refractivity contribution >= 4 is 15.9 Å². The van der Waals surface area contributed by atoms with E-state index in [4.69, 9.17) is 4.74 Å². The van der Waals surface area contributed by atoms with Crippen molar-refractivity contribution < 1.29 is 9.13 Å². The Kier molecular flexibility index (Phi) is 4.62. The van der Waals surface area contributed by atoms with Crippen molar-refractivity contribution in [3.05, 3.63) is 28.2 Å². The third-order valence-corrected chi connectivity index (χ3v) is 3.97. The second-order valence-corrected chi connectivity index (χ2v) is 5.80. The molecule has 0 aliphatic carbocycles. The van der Waals surface area contributed by atoms with Crippen LogP contribution in [0.4, 0.5) is 4.39 Å². The summed E-state index contributed by atoms with van der Waals surface area (Å²) in [4.78, 5) is 0. The topological polar surface area (TPSA) is 21.3 Å². The van der Waals surface area contributed by atoms with Crippen LogP contribution >= 0.6 is 15.9 Å². The molecule has 0 bridgehead atoms. The van der Waals surface area contributed by atoms with Crippen molar-refractivity contribution in [3.8, 4) is 5.75 Å². The summed E-state index contributed by atoms with van der Waals surface area (Å²) in [5, 5.41) is 3.25. The minimum absolute atomic E-state index is 0.428. The molecule has 0 aromatic heterocycles. The lowest BCUT2D eigenvalue weighted by atomic mass is 9.89. The average molecular weight is 316 g/mol. The SMILES string of the molecule is COc1ccc(Br)cc1CC1(F)CCCNCC1. The average Bonchev–Trinajstić information content (AvgIpc) is 2.54. The van der Waals surface area contributed by atoms with Crippen molar-refractivity contribution in [1.82, 2.24) is 5.32 Å². The van der Waals surface area contributed by atoms with Crippen LogP contribution in [0.15, 0.2) is 22.7 Å². The maximum Gasteiger partial charge on any atom is 0.122 e. The molecule has 0 saturated carbocycles. The molecule has 1 aliphatic rings. The molecule has 1 heterocycles. The van der Waals surface area contributed by atoms with Crippen LogP contribution in [0.2, 0.25) is 0 Å². The first-order chi connectivity index (χ1) is 8.63. The van der Waals surface area contributed by atoms with Crippen molar-refractivity contribution in [2.75, 3.05) is 20.2 Å². The largest absolute Gasteiger partial charge is 0.496 e. The van der Waals surface area contributed by atoms with Gasteiger partial charge < -0.3 is 10.1 Å². The maximum absolute atomic E-state index is 14.9. The summed E-state index contributed by atoms with van der Waals surface area (Å²) < 4.78 is 21.1. The van der Waals surface area contributed by atoms with Gasteiger partial charge in [0.2, 0.25) is 0 Å². The van der Waals surface area contributed by atoms with Crippen molar-refractivity contribution in [3.63, 3.8) is 0 Å². The summed E-state index contributed by atoms with van der Waals surface area (Å²) >= 11 is 3.43. The summed E-state index contributed by atoms with van der Waals surface area (Å²) in [7, 11) is 1.63. The zero-order chi connectivity index (χ0) is 13.0. The molecule has 1 saturated heterocycles. The first-order valence-electron chi connectivity index (χ1n) is 6.35. The van der Waals surface area contributed by atoms with Gasteiger partial charge in [-0.3, -0.25) is 0 Å². The molecular formula is C14H19BrFNO. The number of alkyl halides is 1. The van der Waals surface area contributed by atoms with Gasteiger partial charge in [-0.2, -0.15) is 0 Å². The number of rotatable bonds is 3. The highest BCUT2D eigenvalue weighted by Crippen LogP contribution is 2.33. The molecule has 1 N–H and O–H groups in total. The first kappa shape index (κ1) is 13.8. The van der Waals surface area contributed by atoms with E-state index in [0.29, 0.717) is 19.3 Å². The highest BCUT2D eigenvalue weighted by Gasteiger charge is 2.31. The standard InChI is InChI=1S/C14H19BrFNO/c1-18-13-4-3-12(15)9-11(13)10-14(16)5-2-7-17-8-6-14/h3-4,9,17H,2,5-8,10H2,1H3. The minimum Gasteiger partial charge on any atom is -0.496 e. The molecule has 1 atom stereocenters. The quantitative estimate of drug-likeness (QED) is 0.922. The number of halogens is 2. The molecular weight excluding hydrogens is 297 g/mol. The van der Waals surface area contributed by atoms with E-state index in [-0.39, 0.29) is 0 Å². The lowest BCUT2D eigenvalue weighted by Crippen LogP contribution is -2.27. The first-order valence-corrected chi connectivity index (χ1v) is 7.14. The van der Waals surface area contributed by atoms with E-state index in [1.807, 2.05) is 18.2 Å². The zero-order valence-corrected chi connectivity index (χ0v) is 12.2. The fraction of sp³-hybridized carbons (Fsp3) is 0.571. The number of methoxy groups -OCH3 is 1. The summed E-state index contributed by atoms with van der Waals surface area (Å²) in [6.45, 7) is 1.67. The van der Waals surface area contributed by atoms with Crippen molar-refractivity contribution in [1.29, 1.82) is 0 Å². The Morgan fingerprint density at radius 1 is 1.39 bits per heavy atom. The van der Waals surface area contributed by atoms with Crippen LogP contribution in [0.1, 0.15) is 24.8 Å². The molecule has 1 fully saturated rings. The van der Waals surface area contributed by atoms with Crippen LogP contribution in [0.25, 0.3) is 0 Å². The van der Waals surface area contributed by atoms with E-state index < -0.39 is 5.67 Å². The highest BCUT2D eigenvalue weighted by molar-refractivity contribution is 9.10. The maximum atomic E-state index is 14.9. The van der Waals surface area contributed by atoms with Crippen LogP contribution in [0.5, 0.6) is 5.75 Å². The Morgan fingerprint density at radius 3 is 3.00 bits per heavy atom. The number of benzene rings is 1. The van der Waals surface area contributed by atoms with E-state index in [1.54, 1.807) is 7.11 Å². The second-order valence-electron chi connectivity index (χ2n) is 4.89. The van der Waals surface area contributed by atoms with E-state index in [1.165, 1.54) is 0 Å². The van der Waals surface area contributed by atoms with Crippen LogP contribution in [0, 0.1) is 0 Å². The summed E-state index contributed by atoms with van der Waals surface area (Å²) in [6, 6.07) is 5.76. The van der Waals surface area contributed by atoms with Gasteiger partial charge in [-0.05, 0) is 56.1 Å². The van der Waals surface area contributed by atoms with E-state index in [0.717, 1.165) is 35.3 Å². The van der Waals surface area contributed by atoms with Gasteiger partial charge in [0.1, 0.15) is 11.4 Å². The van der Waals surface area contributed by atoms with Crippen LogP contribution in [-0.4, -0.2) is 25.9 Å². The third kappa shape index (κ3) is 3.45. The number of nitrogens with one attached hydrogen (secondary N) is 1. The Hall–Kier alpha value is -0.610. The molecule has 18 heavy (non-hydrogen) atoms. The van der Waals surface area contributed by atoms with E-state index >= 15 is 0 Å². The molecule has 2 rings (SSSR count). The van der Waals surface area contributed by atoms with Crippen LogP contribution < -0.4 is 10.1 Å². The summed E-state index contributed by atoms with van der Waals surface area (Å²) in [5.41, 5.74) is -0.173. The Balaban J connectivity index is 2.18. The molecule has 1 aromatic carbocycles. The summed E-state index contributed by atoms with van der Waals surface area (Å²) in [6.07, 6.45) is 2.52. The third-order valence-electron chi connectivity index (χ3n) is 3.48. The molecule has 1 aliphatic heterocycles. The van der Waals surface area contributed by atoms with E-state index in [9.17, 15) is 4.39 Å². The number of hydrogen-bond donors (Lipinski definition) is 1. The Bertz CT molecular complexity index is 403. The zero-order valence-electron chi connectivity index (χ0n) is 10.6. The van der Waals surface area contributed by atoms with Gasteiger partial charge in [0.05, 0.1) is 7.11 Å². The van der Waals surface area contributed by atoms with Gasteiger partial charge >= 0.3 is 0 Å². The molecule has 1 aromatic rings. The van der Waals surface area contributed by atoms with Gasteiger partial charge in [-0.1, -0.05) is 15.9 Å². The van der Waals surface area contributed by atoms with Gasteiger partial charge in [-0.25, -0.2) is 4.39 Å². The summed E-state index contributed by atoms with van der Waals surface area (Å²) in [5.74, 6) is 0.771. The molecule has 2 nitrogen and oxygen atoms in total. The molecule has 0 spiro atoms. The van der Waals surface area contributed by atoms with Gasteiger partial charge in [-0.15, -0.1) is 0 Å². The van der Waals surface area contributed by atoms with Crippen LogP contribution in [-0.2, 0) is 6.42 Å². The smallest absolute Gasteiger partial charge is 0.122 e. The normalized spacial score (nSPS) is 24.6. The minimum atomic E-state index is -1.11. The molecule has 4 heteroatoms. The van der Waals surface area contributed by atoms with Crippen molar-refractivity contribution in [2.45, 2.75) is 31.4 Å². The second kappa shape index (κ2) is 6.02. The Labute approximate surface area is 116 Å².